The van der Waals surface area contributed by atoms with Crippen LogP contribution in [0.25, 0.3) is 0 Å². The predicted molar refractivity (Wildman–Crippen MR) is 153 cm³/mol. The van der Waals surface area contributed by atoms with Crippen LogP contribution in [-0.2, 0) is 20.7 Å². The minimum Gasteiger partial charge on any atom is -0.466 e. The average Bonchev–Trinajstić information content (AvgIpc) is 3.48. The van der Waals surface area contributed by atoms with Gasteiger partial charge in [-0.05, 0) is 105 Å². The van der Waals surface area contributed by atoms with E-state index in [2.05, 4.69) is 31.1 Å². The molecule has 4 N–H and O–H groups in total. The Hall–Kier alpha value is -1.55. The van der Waals surface area contributed by atoms with Crippen molar-refractivity contribution in [1.82, 2.24) is 4.98 Å². The molecule has 4 saturated carbocycles. The van der Waals surface area contributed by atoms with E-state index in [1.165, 1.54) is 11.3 Å². The van der Waals surface area contributed by atoms with Gasteiger partial charge in [-0.25, -0.2) is 4.98 Å². The minimum atomic E-state index is -0.426. The maximum absolute atomic E-state index is 12.8. The van der Waals surface area contributed by atoms with Gasteiger partial charge >= 0.3 is 5.97 Å². The fraction of sp³-hybridized carbons (Fsp3) is 0.839. The summed E-state index contributed by atoms with van der Waals surface area (Å²) in [4.78, 5) is 28.8. The lowest BCUT2D eigenvalue weighted by atomic mass is 9.43. The Morgan fingerprint density at radius 2 is 1.93 bits per heavy atom. The van der Waals surface area contributed by atoms with Gasteiger partial charge in [0.05, 0.1) is 37.0 Å². The second-order valence-electron chi connectivity index (χ2n) is 13.7. The number of rotatable bonds is 8. The maximum Gasteiger partial charge on any atom is 0.311 e. The molecule has 9 heteroatoms. The first-order valence-electron chi connectivity index (χ1n) is 15.4. The third kappa shape index (κ3) is 5.36. The van der Waals surface area contributed by atoms with Gasteiger partial charge in [-0.1, -0.05) is 20.8 Å². The number of ether oxygens (including phenoxy) is 1. The fourth-order valence-electron chi connectivity index (χ4n) is 9.68. The molecule has 4 aliphatic rings. The summed E-state index contributed by atoms with van der Waals surface area (Å²) in [6, 6.07) is 0. The molecule has 11 atom stereocenters. The summed E-state index contributed by atoms with van der Waals surface area (Å²) in [6.45, 7) is 8.91. The van der Waals surface area contributed by atoms with E-state index in [-0.39, 0.29) is 65.0 Å². The molecule has 1 aromatic heterocycles. The molecule has 0 saturated heterocycles. The van der Waals surface area contributed by atoms with Gasteiger partial charge in [0.1, 0.15) is 0 Å². The highest BCUT2D eigenvalue weighted by atomic mass is 32.1. The van der Waals surface area contributed by atoms with Gasteiger partial charge in [-0.3, -0.25) is 9.59 Å². The summed E-state index contributed by atoms with van der Waals surface area (Å²) >= 11 is 1.31. The summed E-state index contributed by atoms with van der Waals surface area (Å²) in [6.07, 6.45) is 6.19. The van der Waals surface area contributed by atoms with Crippen molar-refractivity contribution in [2.24, 2.45) is 46.3 Å². The molecule has 0 bridgehead atoms. The van der Waals surface area contributed by atoms with E-state index in [4.69, 9.17) is 4.74 Å². The minimum absolute atomic E-state index is 0.0687. The molecular weight excluding hydrogens is 528 g/mol. The Labute approximate surface area is 242 Å². The smallest absolute Gasteiger partial charge is 0.311 e. The standard InChI is InChI=1S/C31H48N2O6S/c1-5-39-27(38)14-19-16-40-29(32-19)33-26(37)9-6-17(2)21-7-8-22-28-23(15-25(36)31(21,22)4)30(3)11-10-20(34)12-18(30)13-24(28)35/h16-18,20-25,28,34-36H,5-15H2,1-4H3,(H,32,33,37)/t17-,18+,20-,21-,22+,23+,24-,25+,28+,30+,31-/m1/s1. The third-order valence-corrected chi connectivity index (χ3v) is 12.6. The Bertz CT molecular complexity index is 1080. The summed E-state index contributed by atoms with van der Waals surface area (Å²) in [5.74, 6) is 1.21. The van der Waals surface area contributed by atoms with Crippen LogP contribution in [0.2, 0.25) is 0 Å². The zero-order valence-corrected chi connectivity index (χ0v) is 25.3. The number of esters is 1. The number of anilines is 1. The van der Waals surface area contributed by atoms with E-state index in [1.807, 2.05) is 0 Å². The Morgan fingerprint density at radius 1 is 1.15 bits per heavy atom. The van der Waals surface area contributed by atoms with Crippen molar-refractivity contribution in [2.45, 2.75) is 110 Å². The van der Waals surface area contributed by atoms with Crippen molar-refractivity contribution in [3.8, 4) is 0 Å². The number of amides is 1. The molecule has 1 heterocycles. The molecule has 0 aromatic carbocycles. The molecule has 5 rings (SSSR count). The average molecular weight is 577 g/mol. The predicted octanol–water partition coefficient (Wildman–Crippen LogP) is 4.56. The number of nitrogens with one attached hydrogen (secondary N) is 1. The number of thiazole rings is 1. The van der Waals surface area contributed by atoms with Crippen LogP contribution in [0.1, 0.15) is 91.2 Å². The number of fused-ring (bicyclic) bond motifs is 5. The summed E-state index contributed by atoms with van der Waals surface area (Å²) in [5, 5.41) is 38.7. The van der Waals surface area contributed by atoms with Crippen LogP contribution in [0, 0.1) is 46.3 Å². The summed E-state index contributed by atoms with van der Waals surface area (Å²) in [5.41, 5.74) is 0.391. The fourth-order valence-corrected chi connectivity index (χ4v) is 10.4. The van der Waals surface area contributed by atoms with Crippen molar-refractivity contribution in [3.63, 3.8) is 0 Å². The molecule has 40 heavy (non-hydrogen) atoms. The van der Waals surface area contributed by atoms with Crippen molar-refractivity contribution in [3.05, 3.63) is 11.1 Å². The highest BCUT2D eigenvalue weighted by molar-refractivity contribution is 7.13. The van der Waals surface area contributed by atoms with E-state index >= 15 is 0 Å². The van der Waals surface area contributed by atoms with Gasteiger partial charge in [0.15, 0.2) is 5.13 Å². The van der Waals surface area contributed by atoms with Crippen LogP contribution >= 0.6 is 11.3 Å². The van der Waals surface area contributed by atoms with E-state index in [0.717, 1.165) is 51.4 Å². The van der Waals surface area contributed by atoms with Gasteiger partial charge < -0.3 is 25.4 Å². The Kier molecular flexibility index (Phi) is 8.69. The number of carbonyl (C=O) groups is 2. The van der Waals surface area contributed by atoms with Crippen LogP contribution < -0.4 is 5.32 Å². The Morgan fingerprint density at radius 3 is 2.67 bits per heavy atom. The second-order valence-corrected chi connectivity index (χ2v) is 14.6. The van der Waals surface area contributed by atoms with E-state index in [1.54, 1.807) is 12.3 Å². The van der Waals surface area contributed by atoms with Crippen molar-refractivity contribution in [1.29, 1.82) is 0 Å². The second kappa shape index (κ2) is 11.6. The number of hydrogen-bond donors (Lipinski definition) is 4. The van der Waals surface area contributed by atoms with Crippen LogP contribution in [0.4, 0.5) is 5.13 Å². The zero-order chi connectivity index (χ0) is 28.8. The first kappa shape index (κ1) is 29.9. The largest absolute Gasteiger partial charge is 0.466 e. The lowest BCUT2D eigenvalue weighted by Crippen LogP contribution is -2.62. The van der Waals surface area contributed by atoms with E-state index in [9.17, 15) is 24.9 Å². The van der Waals surface area contributed by atoms with Crippen LogP contribution in [0.15, 0.2) is 5.38 Å². The number of aliphatic hydroxyl groups is 3. The zero-order valence-electron chi connectivity index (χ0n) is 24.5. The topological polar surface area (TPSA) is 129 Å². The first-order valence-corrected chi connectivity index (χ1v) is 16.3. The number of aromatic nitrogens is 1. The van der Waals surface area contributed by atoms with Gasteiger partial charge in [0.2, 0.25) is 5.91 Å². The molecule has 0 spiro atoms. The first-order chi connectivity index (χ1) is 19.0. The van der Waals surface area contributed by atoms with Crippen LogP contribution in [-0.4, -0.2) is 57.1 Å². The van der Waals surface area contributed by atoms with E-state index in [0.29, 0.717) is 35.7 Å². The Balaban J connectivity index is 1.21. The molecule has 0 aliphatic heterocycles. The van der Waals surface area contributed by atoms with Crippen LogP contribution in [0.3, 0.4) is 0 Å². The van der Waals surface area contributed by atoms with Crippen molar-refractivity contribution in [2.75, 3.05) is 11.9 Å². The molecule has 8 nitrogen and oxygen atoms in total. The van der Waals surface area contributed by atoms with Gasteiger partial charge in [-0.15, -0.1) is 11.3 Å². The number of carbonyl (C=O) groups excluding carboxylic acids is 2. The quantitative estimate of drug-likeness (QED) is 0.334. The van der Waals surface area contributed by atoms with Crippen molar-refractivity contribution < 1.29 is 29.6 Å². The van der Waals surface area contributed by atoms with Crippen molar-refractivity contribution >= 4 is 28.3 Å². The molecule has 0 radical (unpaired) electrons. The highest BCUT2D eigenvalue weighted by Gasteiger charge is 2.65. The number of aliphatic hydroxyl groups excluding tert-OH is 3. The molecule has 1 amide bonds. The normalized spacial score (nSPS) is 41.4. The molecular formula is C31H48N2O6S. The molecule has 4 fully saturated rings. The molecule has 224 valence electrons. The SMILES string of the molecule is CCOC(=O)Cc1csc(NC(=O)CC[C@@H](C)[C@H]2CC[C@H]3[C@@H]4[C@H](O)C[C@@H]5C[C@H](O)CC[C@]5(C)[C@H]4C[C@H](O)[C@]23C)n1. The van der Waals surface area contributed by atoms with Gasteiger partial charge in [0.25, 0.3) is 0 Å². The van der Waals surface area contributed by atoms with Gasteiger partial charge in [-0.2, -0.15) is 0 Å². The lowest BCUT2D eigenvalue weighted by molar-refractivity contribution is -0.207. The maximum atomic E-state index is 12.8. The van der Waals surface area contributed by atoms with Gasteiger partial charge in [0, 0.05) is 11.8 Å². The highest BCUT2D eigenvalue weighted by Crippen LogP contribution is 2.68. The molecule has 4 aliphatic carbocycles. The number of hydrogen-bond acceptors (Lipinski definition) is 8. The molecule has 1 aromatic rings. The monoisotopic (exact) mass is 576 g/mol. The lowest BCUT2D eigenvalue weighted by Gasteiger charge is -2.63. The summed E-state index contributed by atoms with van der Waals surface area (Å²) < 4.78 is 4.97. The van der Waals surface area contributed by atoms with E-state index < -0.39 is 6.10 Å². The van der Waals surface area contributed by atoms with Crippen LogP contribution in [0.5, 0.6) is 0 Å². The number of nitrogens with zero attached hydrogens (tertiary/aromatic N) is 1. The third-order valence-electron chi connectivity index (χ3n) is 11.8. The summed E-state index contributed by atoms with van der Waals surface area (Å²) in [7, 11) is 0. The molecule has 0 unspecified atom stereocenters.